The van der Waals surface area contributed by atoms with Crippen LogP contribution in [0.2, 0.25) is 39.3 Å². The Morgan fingerprint density at radius 2 is 1.16 bits per heavy atom. The van der Waals surface area contributed by atoms with Crippen molar-refractivity contribution in [3.05, 3.63) is 11.4 Å². The van der Waals surface area contributed by atoms with Crippen molar-refractivity contribution in [2.75, 3.05) is 0 Å². The van der Waals surface area contributed by atoms with Crippen molar-refractivity contribution < 1.29 is 0 Å². The lowest BCUT2D eigenvalue weighted by Gasteiger charge is -2.12. The third-order valence-electron chi connectivity index (χ3n) is 5.91. The zero-order valence-corrected chi connectivity index (χ0v) is 25.7. The molecule has 0 fully saturated rings. The van der Waals surface area contributed by atoms with E-state index in [-0.39, 0.29) is 0 Å². The van der Waals surface area contributed by atoms with E-state index in [2.05, 4.69) is 96.1 Å². The Kier molecular flexibility index (Phi) is 4.13. The Morgan fingerprint density at radius 3 is 1.84 bits per heavy atom. The van der Waals surface area contributed by atoms with Crippen LogP contribution < -0.4 is 9.00 Å². The fraction of sp³-hybridized carbons (Fsp3) is 0.273. The van der Waals surface area contributed by atoms with Gasteiger partial charge < -0.3 is 0 Å². The molecule has 9 heteroatoms. The molecule has 0 amide bonds. The van der Waals surface area contributed by atoms with Gasteiger partial charge in [-0.15, -0.1) is 79.4 Å². The first kappa shape index (κ1) is 20.3. The van der Waals surface area contributed by atoms with Crippen LogP contribution in [0, 0.1) is 0 Å². The van der Waals surface area contributed by atoms with E-state index in [9.17, 15) is 0 Å². The minimum Gasteiger partial charge on any atom is -0.134 e. The molecule has 0 aromatic carbocycles. The van der Waals surface area contributed by atoms with E-state index in [1.807, 2.05) is 34.0 Å². The van der Waals surface area contributed by atoms with Crippen molar-refractivity contribution in [3.8, 4) is 0 Å². The molecule has 0 saturated carbocycles. The highest BCUT2D eigenvalue weighted by atomic mass is 32.2. The van der Waals surface area contributed by atoms with Crippen LogP contribution >= 0.6 is 79.4 Å². The molecule has 0 aliphatic carbocycles. The van der Waals surface area contributed by atoms with Gasteiger partial charge in [0.1, 0.15) is 0 Å². The number of fused-ring (bicyclic) bond motifs is 6. The van der Waals surface area contributed by atoms with Gasteiger partial charge in [-0.1, -0.05) is 39.3 Å². The molecule has 0 aliphatic rings. The van der Waals surface area contributed by atoms with Gasteiger partial charge in [0.15, 0.2) is 0 Å². The van der Waals surface area contributed by atoms with E-state index in [1.54, 1.807) is 39.3 Å². The average molecular weight is 565 g/mol. The molecule has 0 N–H and O–H groups in total. The molecule has 0 spiro atoms. The van der Waals surface area contributed by atoms with E-state index < -0.39 is 16.1 Å². The SMILES string of the molecule is C[Si](C)(C)c1cc2c(s1)sc1sc3sc4sc([Si](C)(C)C)c5sc6scc(c6c45)c3c12. The van der Waals surface area contributed by atoms with Gasteiger partial charge in [0, 0.05) is 46.9 Å². The van der Waals surface area contributed by atoms with E-state index in [4.69, 9.17) is 0 Å². The molecule has 7 rings (SSSR count). The first-order valence-corrected chi connectivity index (χ1v) is 23.0. The fourth-order valence-electron chi connectivity index (χ4n) is 4.39. The Labute approximate surface area is 210 Å². The second-order valence-corrected chi connectivity index (χ2v) is 29.4. The van der Waals surface area contributed by atoms with Crippen LogP contribution in [-0.4, -0.2) is 16.1 Å². The summed E-state index contributed by atoms with van der Waals surface area (Å²) in [4.78, 5) is 0. The molecule has 0 unspecified atom stereocenters. The standard InChI is InChI=1S/C22H20S7Si2/c1-30(2,3)11-7-9-12-13-10-8-23-18-14(10)15-16(25-18)22(31(4,5)6)29-21(15)28-20(13)27-19(12)26-17(9)24-11/h7-8H,1-6H3. The summed E-state index contributed by atoms with van der Waals surface area (Å²) in [7, 11) is -2.64. The molecule has 0 saturated heterocycles. The smallest absolute Gasteiger partial charge is 0.0923 e. The molecular formula is C22H20S7Si2. The summed E-state index contributed by atoms with van der Waals surface area (Å²) in [5, 5.41) is 11.7. The lowest BCUT2D eigenvalue weighted by Crippen LogP contribution is -2.35. The van der Waals surface area contributed by atoms with Crippen LogP contribution in [0.15, 0.2) is 11.4 Å². The molecule has 0 nitrogen and oxygen atoms in total. The normalized spacial score (nSPS) is 14.1. The van der Waals surface area contributed by atoms with Crippen LogP contribution in [-0.2, 0) is 0 Å². The molecule has 7 aromatic heterocycles. The Morgan fingerprint density at radius 1 is 0.548 bits per heavy atom. The monoisotopic (exact) mass is 564 g/mol. The summed E-state index contributed by atoms with van der Waals surface area (Å²) in [5.41, 5.74) is 0. The quantitative estimate of drug-likeness (QED) is 0.183. The Balaban J connectivity index is 1.70. The number of rotatable bonds is 2. The maximum atomic E-state index is 2.56. The molecule has 0 bridgehead atoms. The molecule has 0 radical (unpaired) electrons. The Hall–Kier alpha value is -0.106. The van der Waals surface area contributed by atoms with Crippen molar-refractivity contribution in [2.24, 2.45) is 0 Å². The first-order valence-electron chi connectivity index (χ1n) is 10.3. The lowest BCUT2D eigenvalue weighted by atomic mass is 10.1. The molecule has 158 valence electrons. The van der Waals surface area contributed by atoms with Crippen molar-refractivity contribution in [1.29, 1.82) is 0 Å². The summed E-state index contributed by atoms with van der Waals surface area (Å²) in [6.45, 7) is 14.9. The fourth-order valence-corrected chi connectivity index (χ4v) is 19.8. The van der Waals surface area contributed by atoms with Crippen molar-refractivity contribution in [3.63, 3.8) is 0 Å². The second-order valence-electron chi connectivity index (χ2n) is 10.3. The molecule has 31 heavy (non-hydrogen) atoms. The van der Waals surface area contributed by atoms with Crippen molar-refractivity contribution >= 4 is 162 Å². The van der Waals surface area contributed by atoms with Gasteiger partial charge >= 0.3 is 0 Å². The number of hydrogen-bond donors (Lipinski definition) is 0. The van der Waals surface area contributed by atoms with Gasteiger partial charge in [-0.3, -0.25) is 0 Å². The zero-order chi connectivity index (χ0) is 21.4. The third-order valence-corrected chi connectivity index (χ3v) is 21.9. The highest BCUT2D eigenvalue weighted by molar-refractivity contribution is 7.59. The van der Waals surface area contributed by atoms with Gasteiger partial charge in [-0.2, -0.15) is 0 Å². The summed E-state index contributed by atoms with van der Waals surface area (Å²) in [5.74, 6) is 0. The van der Waals surface area contributed by atoms with Gasteiger partial charge in [-0.25, -0.2) is 0 Å². The average Bonchev–Trinajstić information content (AvgIpc) is 3.40. The Bertz CT molecular complexity index is 1810. The molecule has 0 atom stereocenters. The summed E-state index contributed by atoms with van der Waals surface area (Å²) >= 11 is 14.4. The second kappa shape index (κ2) is 6.31. The van der Waals surface area contributed by atoms with Gasteiger partial charge in [0.05, 0.1) is 36.2 Å². The first-order chi connectivity index (χ1) is 14.6. The van der Waals surface area contributed by atoms with Gasteiger partial charge in [0.25, 0.3) is 0 Å². The van der Waals surface area contributed by atoms with E-state index in [1.165, 1.54) is 26.8 Å². The predicted octanol–water partition coefficient (Wildman–Crippen LogP) is 10.1. The number of thiophene rings is 6. The summed E-state index contributed by atoms with van der Waals surface area (Å²) < 4.78 is 12.6. The molecule has 7 aromatic rings. The number of hydrogen-bond acceptors (Lipinski definition) is 7. The molecule has 7 heterocycles. The highest BCUT2D eigenvalue weighted by Crippen LogP contribution is 2.54. The van der Waals surface area contributed by atoms with Gasteiger partial charge in [0.2, 0.25) is 0 Å². The van der Waals surface area contributed by atoms with Crippen molar-refractivity contribution in [2.45, 2.75) is 39.3 Å². The largest absolute Gasteiger partial charge is 0.134 e. The zero-order valence-electron chi connectivity index (χ0n) is 18.0. The van der Waals surface area contributed by atoms with E-state index >= 15 is 0 Å². The third kappa shape index (κ3) is 2.70. The molecular weight excluding hydrogens is 545 g/mol. The van der Waals surface area contributed by atoms with E-state index in [0.29, 0.717) is 0 Å². The predicted molar refractivity (Wildman–Crippen MR) is 163 cm³/mol. The van der Waals surface area contributed by atoms with Crippen LogP contribution in [0.3, 0.4) is 0 Å². The van der Waals surface area contributed by atoms with E-state index in [0.717, 1.165) is 0 Å². The lowest BCUT2D eigenvalue weighted by molar-refractivity contribution is 1.79. The van der Waals surface area contributed by atoms with Crippen LogP contribution in [0.25, 0.3) is 57.1 Å². The van der Waals surface area contributed by atoms with Crippen LogP contribution in [0.5, 0.6) is 0 Å². The maximum absolute atomic E-state index is 2.56. The highest BCUT2D eigenvalue weighted by Gasteiger charge is 2.29. The van der Waals surface area contributed by atoms with Crippen LogP contribution in [0.1, 0.15) is 0 Å². The summed E-state index contributed by atoms with van der Waals surface area (Å²) in [6, 6.07) is 2.56. The van der Waals surface area contributed by atoms with Gasteiger partial charge in [-0.05, 0) is 10.6 Å². The summed E-state index contributed by atoms with van der Waals surface area (Å²) in [6.07, 6.45) is 0. The maximum Gasteiger partial charge on any atom is 0.0923 e. The topological polar surface area (TPSA) is 0 Å². The van der Waals surface area contributed by atoms with Crippen LogP contribution in [0.4, 0.5) is 0 Å². The van der Waals surface area contributed by atoms with Crippen molar-refractivity contribution in [1.82, 2.24) is 0 Å². The minimum absolute atomic E-state index is 1.29. The molecule has 0 aliphatic heterocycles. The minimum atomic E-state index is -1.35.